The molecule has 0 fully saturated rings. The summed E-state index contributed by atoms with van der Waals surface area (Å²) in [6, 6.07) is 0. The molecule has 0 saturated carbocycles. The Labute approximate surface area is 137 Å². The van der Waals surface area contributed by atoms with Crippen molar-refractivity contribution in [2.45, 2.75) is 65.2 Å². The number of ketones is 2. The Morgan fingerprint density at radius 3 is 2.22 bits per heavy atom. The minimum Gasteiger partial charge on any atom is -0.493 e. The van der Waals surface area contributed by atoms with Gasteiger partial charge < -0.3 is 9.47 Å². The SMILES string of the molecule is CCCCCCCCCC1=C(OC(C)=O)C(=O)C=C(OC)C1=O. The molecule has 0 amide bonds. The molecule has 128 valence electrons. The quantitative estimate of drug-likeness (QED) is 0.349. The molecule has 0 spiro atoms. The summed E-state index contributed by atoms with van der Waals surface area (Å²) in [4.78, 5) is 35.5. The van der Waals surface area contributed by atoms with Crippen LogP contribution in [0.5, 0.6) is 0 Å². The summed E-state index contributed by atoms with van der Waals surface area (Å²) in [6.07, 6.45) is 9.22. The zero-order valence-electron chi connectivity index (χ0n) is 14.3. The van der Waals surface area contributed by atoms with Gasteiger partial charge in [0.15, 0.2) is 11.5 Å². The van der Waals surface area contributed by atoms with Crippen LogP contribution in [0.3, 0.4) is 0 Å². The topological polar surface area (TPSA) is 69.7 Å². The molecule has 1 aliphatic rings. The lowest BCUT2D eigenvalue weighted by atomic mass is 9.94. The molecule has 0 aromatic carbocycles. The molecule has 1 rings (SSSR count). The third-order valence-corrected chi connectivity index (χ3v) is 3.75. The molecule has 0 aromatic rings. The second-order valence-corrected chi connectivity index (χ2v) is 5.68. The molecule has 0 radical (unpaired) electrons. The fourth-order valence-electron chi connectivity index (χ4n) is 2.54. The molecule has 23 heavy (non-hydrogen) atoms. The van der Waals surface area contributed by atoms with E-state index in [9.17, 15) is 14.4 Å². The zero-order chi connectivity index (χ0) is 17.2. The molecular formula is C18H26O5. The van der Waals surface area contributed by atoms with Crippen molar-refractivity contribution in [3.63, 3.8) is 0 Å². The minimum atomic E-state index is -0.604. The second kappa shape index (κ2) is 9.98. The van der Waals surface area contributed by atoms with Crippen LogP contribution in [0.4, 0.5) is 0 Å². The Balaban J connectivity index is 2.66. The van der Waals surface area contributed by atoms with Gasteiger partial charge >= 0.3 is 5.97 Å². The van der Waals surface area contributed by atoms with Crippen molar-refractivity contribution < 1.29 is 23.9 Å². The molecule has 0 heterocycles. The summed E-state index contributed by atoms with van der Waals surface area (Å²) in [7, 11) is 1.35. The lowest BCUT2D eigenvalue weighted by Crippen LogP contribution is -2.23. The Hall–Kier alpha value is -1.91. The fourth-order valence-corrected chi connectivity index (χ4v) is 2.54. The zero-order valence-corrected chi connectivity index (χ0v) is 14.3. The van der Waals surface area contributed by atoms with Crippen molar-refractivity contribution in [1.82, 2.24) is 0 Å². The van der Waals surface area contributed by atoms with E-state index in [0.29, 0.717) is 6.42 Å². The Kier molecular flexibility index (Phi) is 8.30. The maximum Gasteiger partial charge on any atom is 0.308 e. The smallest absolute Gasteiger partial charge is 0.308 e. The maximum absolute atomic E-state index is 12.3. The van der Waals surface area contributed by atoms with E-state index in [4.69, 9.17) is 9.47 Å². The van der Waals surface area contributed by atoms with Crippen LogP contribution in [0.15, 0.2) is 23.2 Å². The number of Topliss-reactive ketones (excluding diaryl/α,β-unsaturated/α-hetero) is 1. The molecule has 5 heteroatoms. The first-order valence-corrected chi connectivity index (χ1v) is 8.27. The van der Waals surface area contributed by atoms with Gasteiger partial charge in [0.05, 0.1) is 12.7 Å². The van der Waals surface area contributed by atoms with Crippen LogP contribution in [0.1, 0.15) is 65.2 Å². The van der Waals surface area contributed by atoms with Crippen molar-refractivity contribution in [3.05, 3.63) is 23.2 Å². The van der Waals surface area contributed by atoms with Gasteiger partial charge in [-0.2, -0.15) is 0 Å². The number of carbonyl (C=O) groups excluding carboxylic acids is 3. The highest BCUT2D eigenvalue weighted by Crippen LogP contribution is 2.25. The van der Waals surface area contributed by atoms with E-state index < -0.39 is 11.8 Å². The lowest BCUT2D eigenvalue weighted by Gasteiger charge is -2.17. The summed E-state index contributed by atoms with van der Waals surface area (Å²) in [6.45, 7) is 3.39. The predicted molar refractivity (Wildman–Crippen MR) is 86.5 cm³/mol. The summed E-state index contributed by atoms with van der Waals surface area (Å²) in [5.74, 6) is -1.60. The fraction of sp³-hybridized carbons (Fsp3) is 0.611. The molecule has 0 unspecified atom stereocenters. The highest BCUT2D eigenvalue weighted by atomic mass is 16.5. The van der Waals surface area contributed by atoms with Crippen molar-refractivity contribution >= 4 is 17.5 Å². The third-order valence-electron chi connectivity index (χ3n) is 3.75. The van der Waals surface area contributed by atoms with Gasteiger partial charge in [-0.15, -0.1) is 0 Å². The van der Waals surface area contributed by atoms with Crippen LogP contribution in [-0.2, 0) is 23.9 Å². The van der Waals surface area contributed by atoms with Crippen LogP contribution in [0, 0.1) is 0 Å². The van der Waals surface area contributed by atoms with Gasteiger partial charge in [0.2, 0.25) is 11.6 Å². The molecule has 0 atom stereocenters. The summed E-state index contributed by atoms with van der Waals surface area (Å²) >= 11 is 0. The first-order valence-electron chi connectivity index (χ1n) is 8.27. The number of rotatable bonds is 10. The van der Waals surface area contributed by atoms with Crippen molar-refractivity contribution in [1.29, 1.82) is 0 Å². The van der Waals surface area contributed by atoms with Gasteiger partial charge in [-0.1, -0.05) is 45.4 Å². The number of carbonyl (C=O) groups is 3. The van der Waals surface area contributed by atoms with Crippen LogP contribution < -0.4 is 0 Å². The van der Waals surface area contributed by atoms with E-state index in [0.717, 1.165) is 25.3 Å². The van der Waals surface area contributed by atoms with Crippen LogP contribution >= 0.6 is 0 Å². The summed E-state index contributed by atoms with van der Waals surface area (Å²) in [5, 5.41) is 0. The third kappa shape index (κ3) is 6.00. The molecule has 0 bridgehead atoms. The van der Waals surface area contributed by atoms with E-state index in [1.165, 1.54) is 39.7 Å². The first-order chi connectivity index (χ1) is 11.0. The van der Waals surface area contributed by atoms with Gasteiger partial charge in [0.25, 0.3) is 0 Å². The first kappa shape index (κ1) is 19.1. The van der Waals surface area contributed by atoms with Crippen LogP contribution in [0.2, 0.25) is 0 Å². The predicted octanol–water partition coefficient (Wildman–Crippen LogP) is 3.63. The number of hydrogen-bond acceptors (Lipinski definition) is 5. The second-order valence-electron chi connectivity index (χ2n) is 5.68. The van der Waals surface area contributed by atoms with E-state index >= 15 is 0 Å². The van der Waals surface area contributed by atoms with Crippen molar-refractivity contribution in [2.24, 2.45) is 0 Å². The Morgan fingerprint density at radius 2 is 1.65 bits per heavy atom. The largest absolute Gasteiger partial charge is 0.493 e. The molecule has 0 aliphatic heterocycles. The normalized spacial score (nSPS) is 14.8. The number of methoxy groups -OCH3 is 1. The Bertz CT molecular complexity index is 514. The van der Waals surface area contributed by atoms with E-state index in [1.54, 1.807) is 0 Å². The average Bonchev–Trinajstić information content (AvgIpc) is 2.51. The van der Waals surface area contributed by atoms with Crippen molar-refractivity contribution in [2.75, 3.05) is 7.11 Å². The van der Waals surface area contributed by atoms with E-state index in [-0.39, 0.29) is 22.9 Å². The van der Waals surface area contributed by atoms with E-state index in [1.807, 2.05) is 0 Å². The standard InChI is InChI=1S/C18H26O5/c1-4-5-6-7-8-9-10-11-14-17(21)16(22-3)12-15(20)18(14)23-13(2)19/h12H,4-11H2,1-3H3. The number of allylic oxidation sites excluding steroid dienone is 2. The van der Waals surface area contributed by atoms with Crippen molar-refractivity contribution in [3.8, 4) is 0 Å². The number of unbranched alkanes of at least 4 members (excludes halogenated alkanes) is 6. The number of ether oxygens (including phenoxy) is 2. The minimum absolute atomic E-state index is 0.00356. The molecule has 1 aliphatic carbocycles. The molecule has 0 N–H and O–H groups in total. The lowest BCUT2D eigenvalue weighted by molar-refractivity contribution is -0.140. The van der Waals surface area contributed by atoms with Gasteiger partial charge in [-0.05, 0) is 12.8 Å². The van der Waals surface area contributed by atoms with Gasteiger partial charge in [-0.3, -0.25) is 14.4 Å². The van der Waals surface area contributed by atoms with Gasteiger partial charge in [0.1, 0.15) is 0 Å². The number of hydrogen-bond donors (Lipinski definition) is 0. The summed E-state index contributed by atoms with van der Waals surface area (Å²) in [5.41, 5.74) is 0.248. The maximum atomic E-state index is 12.3. The summed E-state index contributed by atoms with van der Waals surface area (Å²) < 4.78 is 9.90. The van der Waals surface area contributed by atoms with Crippen LogP contribution in [-0.4, -0.2) is 24.6 Å². The molecule has 0 aromatic heterocycles. The van der Waals surface area contributed by atoms with Gasteiger partial charge in [-0.25, -0.2) is 0 Å². The molecule has 5 nitrogen and oxygen atoms in total. The number of esters is 1. The van der Waals surface area contributed by atoms with E-state index in [2.05, 4.69) is 6.92 Å². The van der Waals surface area contributed by atoms with Gasteiger partial charge in [0, 0.05) is 13.0 Å². The average molecular weight is 322 g/mol. The molecule has 0 saturated heterocycles. The highest BCUT2D eigenvalue weighted by Gasteiger charge is 2.31. The highest BCUT2D eigenvalue weighted by molar-refractivity contribution is 6.21. The monoisotopic (exact) mass is 322 g/mol. The van der Waals surface area contributed by atoms with Crippen LogP contribution in [0.25, 0.3) is 0 Å². The molecular weight excluding hydrogens is 296 g/mol. The Morgan fingerprint density at radius 1 is 1.04 bits per heavy atom.